The first-order valence-corrected chi connectivity index (χ1v) is 16.2. The predicted octanol–water partition coefficient (Wildman–Crippen LogP) is 0.821. The van der Waals surface area contributed by atoms with E-state index in [1.54, 1.807) is 30.5 Å². The molecule has 1 spiro atoms. The third-order valence-corrected chi connectivity index (χ3v) is 11.0. The fraction of sp³-hybridized carbons (Fsp3) is 0.500. The smallest absolute Gasteiger partial charge is 0.246 e. The van der Waals surface area contributed by atoms with Crippen LogP contribution in [-0.4, -0.2) is 101 Å². The fourth-order valence-corrected chi connectivity index (χ4v) is 7.76. The van der Waals surface area contributed by atoms with Gasteiger partial charge in [-0.15, -0.1) is 0 Å². The van der Waals surface area contributed by atoms with E-state index in [-0.39, 0.29) is 34.7 Å². The van der Waals surface area contributed by atoms with E-state index in [0.29, 0.717) is 55.6 Å². The molecule has 13 nitrogen and oxygen atoms in total. The molecule has 2 aliphatic rings. The summed E-state index contributed by atoms with van der Waals surface area (Å²) in [5, 5.41) is 21.2. The van der Waals surface area contributed by atoms with Crippen molar-refractivity contribution >= 4 is 30.9 Å². The minimum absolute atomic E-state index is 0.000462. The van der Waals surface area contributed by atoms with E-state index in [4.69, 9.17) is 14.2 Å². The fourth-order valence-electron chi connectivity index (χ4n) is 5.39. The molecule has 3 heterocycles. The van der Waals surface area contributed by atoms with E-state index >= 15 is 0 Å². The van der Waals surface area contributed by atoms with Crippen molar-refractivity contribution in [2.75, 3.05) is 47.0 Å². The van der Waals surface area contributed by atoms with Crippen LogP contribution in [0.4, 0.5) is 0 Å². The number of fused-ring (bicyclic) bond motifs is 1. The van der Waals surface area contributed by atoms with Crippen LogP contribution < -0.4 is 19.5 Å². The largest absolute Gasteiger partial charge is 0.495 e. The maximum Gasteiger partial charge on any atom is 0.246 e. The topological polar surface area (TPSA) is 172 Å². The van der Waals surface area contributed by atoms with Gasteiger partial charge in [0.2, 0.25) is 20.0 Å². The predicted molar refractivity (Wildman–Crippen MR) is 150 cm³/mol. The van der Waals surface area contributed by atoms with Crippen LogP contribution in [0.3, 0.4) is 0 Å². The first-order chi connectivity index (χ1) is 19.6. The molecule has 0 aliphatic carbocycles. The van der Waals surface area contributed by atoms with Gasteiger partial charge >= 0.3 is 0 Å². The van der Waals surface area contributed by atoms with Gasteiger partial charge in [0.15, 0.2) is 0 Å². The van der Waals surface area contributed by atoms with Gasteiger partial charge in [-0.3, -0.25) is 5.10 Å². The number of aliphatic hydroxyl groups excluding tert-OH is 1. The van der Waals surface area contributed by atoms with Gasteiger partial charge in [0.05, 0.1) is 41.3 Å². The highest BCUT2D eigenvalue weighted by atomic mass is 32.2. The molecule has 0 saturated carbocycles. The second-order valence-corrected chi connectivity index (χ2v) is 14.1. The Bertz CT molecular complexity index is 1590. The van der Waals surface area contributed by atoms with Crippen molar-refractivity contribution < 1.29 is 36.2 Å². The molecule has 224 valence electrons. The lowest BCUT2D eigenvalue weighted by molar-refractivity contribution is -0.0312. The summed E-state index contributed by atoms with van der Waals surface area (Å²) in [6, 6.07) is 9.29. The number of hydrogen-bond donors (Lipinski definition) is 4. The van der Waals surface area contributed by atoms with Crippen LogP contribution in [0, 0.1) is 0 Å². The van der Waals surface area contributed by atoms with E-state index in [0.717, 1.165) is 0 Å². The monoisotopic (exact) mass is 609 g/mol. The van der Waals surface area contributed by atoms with Gasteiger partial charge in [0.25, 0.3) is 0 Å². The van der Waals surface area contributed by atoms with Crippen LogP contribution in [0.25, 0.3) is 10.9 Å². The molecule has 2 unspecified atom stereocenters. The summed E-state index contributed by atoms with van der Waals surface area (Å²) >= 11 is 0. The number of nitrogens with one attached hydrogen (secondary N) is 3. The average molecular weight is 610 g/mol. The minimum Gasteiger partial charge on any atom is -0.495 e. The number of rotatable bonds is 11. The second-order valence-electron chi connectivity index (χ2n) is 10.3. The molecule has 2 fully saturated rings. The van der Waals surface area contributed by atoms with Crippen molar-refractivity contribution in [1.29, 1.82) is 0 Å². The highest BCUT2D eigenvalue weighted by Crippen LogP contribution is 2.39. The van der Waals surface area contributed by atoms with Gasteiger partial charge < -0.3 is 24.6 Å². The van der Waals surface area contributed by atoms with Gasteiger partial charge in [-0.1, -0.05) is 6.07 Å². The third-order valence-electron chi connectivity index (χ3n) is 7.67. The molecule has 3 aromatic rings. The number of methoxy groups -OCH3 is 1. The summed E-state index contributed by atoms with van der Waals surface area (Å²) in [6.45, 7) is 1.33. The third kappa shape index (κ3) is 6.21. The highest BCUT2D eigenvalue weighted by Gasteiger charge is 2.45. The number of hydrogen-bond acceptors (Lipinski definition) is 10. The van der Waals surface area contributed by atoms with Crippen LogP contribution in [-0.2, 0) is 24.8 Å². The number of aromatic amines is 1. The van der Waals surface area contributed by atoms with Gasteiger partial charge in [-0.05, 0) is 50.6 Å². The van der Waals surface area contributed by atoms with Crippen molar-refractivity contribution in [3.8, 4) is 11.5 Å². The number of H-pyrrole nitrogens is 1. The number of aromatic nitrogens is 2. The number of ether oxygens (including phenoxy) is 3. The summed E-state index contributed by atoms with van der Waals surface area (Å²) in [5.41, 5.74) is 0.269. The van der Waals surface area contributed by atoms with Gasteiger partial charge in [0, 0.05) is 31.7 Å². The maximum atomic E-state index is 13.5. The van der Waals surface area contributed by atoms with Crippen LogP contribution in [0.15, 0.2) is 52.4 Å². The molecule has 41 heavy (non-hydrogen) atoms. The molecule has 0 amide bonds. The van der Waals surface area contributed by atoms with Crippen molar-refractivity contribution in [2.24, 2.45) is 0 Å². The highest BCUT2D eigenvalue weighted by molar-refractivity contribution is 7.89. The molecular weight excluding hydrogens is 574 g/mol. The standard InChI is InChI=1S/C26H35N5O8S2/c1-27-40(33,34)21-5-3-4-20(12-21)38-17-19(32)14-28-18-13-26(39-16-18)8-10-31(11-9-26)41(35,36)24-7-6-23-22(15-29-30-23)25(24)37-2/h3-7,12,15,18-19,27-28,32H,8-11,13-14,16-17H2,1-2H3,(H,29,30). The number of piperidine rings is 1. The average Bonchev–Trinajstić information content (AvgIpc) is 3.62. The van der Waals surface area contributed by atoms with E-state index in [2.05, 4.69) is 20.2 Å². The minimum atomic E-state index is -3.79. The SMILES string of the molecule is CNS(=O)(=O)c1cccc(OCC(O)CNC2COC3(CCN(S(=O)(=O)c4ccc5[nH]ncc5c4OC)CC3)C2)c1. The summed E-state index contributed by atoms with van der Waals surface area (Å²) in [6.07, 6.45) is 2.53. The number of benzene rings is 2. The first kappa shape index (κ1) is 29.7. The van der Waals surface area contributed by atoms with Crippen LogP contribution in [0.5, 0.6) is 11.5 Å². The Labute approximate surface area is 239 Å². The lowest BCUT2D eigenvalue weighted by Gasteiger charge is -2.38. The summed E-state index contributed by atoms with van der Waals surface area (Å²) in [5.74, 6) is 0.615. The molecule has 15 heteroatoms. The van der Waals surface area contributed by atoms with E-state index in [1.807, 2.05) is 0 Å². The number of sulfonamides is 2. The van der Waals surface area contributed by atoms with Gasteiger partial charge in [0.1, 0.15) is 29.1 Å². The van der Waals surface area contributed by atoms with Crippen molar-refractivity contribution in [1.82, 2.24) is 24.5 Å². The molecule has 5 rings (SSSR count). The zero-order valence-corrected chi connectivity index (χ0v) is 24.5. The van der Waals surface area contributed by atoms with Crippen molar-refractivity contribution in [3.63, 3.8) is 0 Å². The summed E-state index contributed by atoms with van der Waals surface area (Å²) in [4.78, 5) is 0.193. The number of nitrogens with zero attached hydrogens (tertiary/aromatic N) is 2. The maximum absolute atomic E-state index is 13.5. The Hall–Kier alpha value is -2.79. The molecule has 4 N–H and O–H groups in total. The molecular formula is C26H35N5O8S2. The summed E-state index contributed by atoms with van der Waals surface area (Å²) < 4.78 is 72.0. The van der Waals surface area contributed by atoms with Gasteiger partial charge in [-0.2, -0.15) is 9.40 Å². The molecule has 1 aromatic heterocycles. The van der Waals surface area contributed by atoms with Gasteiger partial charge in [-0.25, -0.2) is 21.6 Å². The lowest BCUT2D eigenvalue weighted by Crippen LogP contribution is -2.47. The Morgan fingerprint density at radius 1 is 1.22 bits per heavy atom. The second kappa shape index (κ2) is 11.8. The van der Waals surface area contributed by atoms with E-state index in [1.165, 1.54) is 30.6 Å². The normalized spacial score (nSPS) is 20.4. The number of aliphatic hydroxyl groups is 1. The van der Waals surface area contributed by atoms with Crippen molar-refractivity contribution in [3.05, 3.63) is 42.6 Å². The van der Waals surface area contributed by atoms with Crippen LogP contribution in [0.1, 0.15) is 19.3 Å². The Balaban J connectivity index is 1.11. The van der Waals surface area contributed by atoms with Crippen LogP contribution >= 0.6 is 0 Å². The van der Waals surface area contributed by atoms with Crippen molar-refractivity contribution in [2.45, 2.75) is 46.8 Å². The van der Waals surface area contributed by atoms with E-state index < -0.39 is 31.8 Å². The zero-order valence-electron chi connectivity index (χ0n) is 22.9. The van der Waals surface area contributed by atoms with E-state index in [9.17, 15) is 21.9 Å². The Kier molecular flexibility index (Phi) is 8.57. The molecule has 0 bridgehead atoms. The quantitative estimate of drug-likeness (QED) is 0.244. The van der Waals surface area contributed by atoms with Crippen LogP contribution in [0.2, 0.25) is 0 Å². The lowest BCUT2D eigenvalue weighted by atomic mass is 9.88. The molecule has 2 atom stereocenters. The summed E-state index contributed by atoms with van der Waals surface area (Å²) in [7, 11) is -4.60. The first-order valence-electron chi connectivity index (χ1n) is 13.3. The molecule has 0 radical (unpaired) electrons. The Morgan fingerprint density at radius 3 is 2.73 bits per heavy atom. The molecule has 2 aliphatic heterocycles. The Morgan fingerprint density at radius 2 is 2.00 bits per heavy atom. The zero-order chi connectivity index (χ0) is 29.3. The molecule has 2 aromatic carbocycles. The molecule has 2 saturated heterocycles.